The van der Waals surface area contributed by atoms with E-state index in [4.69, 9.17) is 4.74 Å². The molecule has 0 aromatic carbocycles. The predicted octanol–water partition coefficient (Wildman–Crippen LogP) is 2.79. The van der Waals surface area contributed by atoms with Crippen molar-refractivity contribution >= 4 is 11.8 Å². The summed E-state index contributed by atoms with van der Waals surface area (Å²) in [6, 6.07) is 2.58. The van der Waals surface area contributed by atoms with Crippen molar-refractivity contribution in [2.45, 2.75) is 63.5 Å². The van der Waals surface area contributed by atoms with Crippen LogP contribution in [0.5, 0.6) is 5.88 Å². The van der Waals surface area contributed by atoms with E-state index in [9.17, 15) is 4.79 Å². The third kappa shape index (κ3) is 5.21. The summed E-state index contributed by atoms with van der Waals surface area (Å²) < 4.78 is 5.12. The number of aromatic nitrogens is 2. The highest BCUT2D eigenvalue weighted by molar-refractivity contribution is 5.74. The quantitative estimate of drug-likeness (QED) is 0.819. The average molecular weight is 347 g/mol. The van der Waals surface area contributed by atoms with E-state index in [0.717, 1.165) is 44.6 Å². The zero-order valence-electron chi connectivity index (χ0n) is 15.0. The van der Waals surface area contributed by atoms with E-state index < -0.39 is 0 Å². The first-order valence-corrected chi connectivity index (χ1v) is 9.42. The first-order chi connectivity index (χ1) is 12.2. The van der Waals surface area contributed by atoms with Gasteiger partial charge in [-0.25, -0.2) is 14.8 Å². The number of methoxy groups -OCH3 is 1. The Morgan fingerprint density at radius 2 is 1.80 bits per heavy atom. The van der Waals surface area contributed by atoms with Gasteiger partial charge in [-0.2, -0.15) is 0 Å². The minimum absolute atomic E-state index is 0.106. The normalized spacial score (nSPS) is 20.0. The number of amides is 2. The van der Waals surface area contributed by atoms with Crippen molar-refractivity contribution in [3.05, 3.63) is 12.4 Å². The van der Waals surface area contributed by atoms with Crippen molar-refractivity contribution in [3.63, 3.8) is 0 Å². The smallest absolute Gasteiger partial charge is 0.317 e. The Morgan fingerprint density at radius 1 is 1.08 bits per heavy atom. The lowest BCUT2D eigenvalue weighted by Gasteiger charge is -2.33. The number of ether oxygens (including phenoxy) is 1. The van der Waals surface area contributed by atoms with Crippen molar-refractivity contribution in [1.82, 2.24) is 20.2 Å². The Hall–Kier alpha value is -2.05. The summed E-state index contributed by atoms with van der Waals surface area (Å²) in [5, 5.41) is 6.65. The second kappa shape index (κ2) is 8.87. The number of anilines is 1. The van der Waals surface area contributed by atoms with Gasteiger partial charge >= 0.3 is 6.03 Å². The molecule has 1 aliphatic carbocycles. The maximum Gasteiger partial charge on any atom is 0.317 e. The largest absolute Gasteiger partial charge is 0.481 e. The van der Waals surface area contributed by atoms with Gasteiger partial charge in [-0.15, -0.1) is 0 Å². The Bertz CT molecular complexity index is 552. The molecule has 1 saturated heterocycles. The van der Waals surface area contributed by atoms with Gasteiger partial charge in [0.1, 0.15) is 12.1 Å². The van der Waals surface area contributed by atoms with E-state index >= 15 is 0 Å². The molecule has 7 nitrogen and oxygen atoms in total. The molecule has 7 heteroatoms. The van der Waals surface area contributed by atoms with Crippen LogP contribution in [0.4, 0.5) is 10.6 Å². The number of carbonyl (C=O) groups is 1. The number of carbonyl (C=O) groups excluding carboxylic acids is 1. The fourth-order valence-corrected chi connectivity index (χ4v) is 3.66. The van der Waals surface area contributed by atoms with Crippen LogP contribution in [-0.4, -0.2) is 53.2 Å². The summed E-state index contributed by atoms with van der Waals surface area (Å²) in [7, 11) is 1.59. The zero-order valence-corrected chi connectivity index (χ0v) is 15.0. The molecule has 2 amide bonds. The fraction of sp³-hybridized carbons (Fsp3) is 0.722. The van der Waals surface area contributed by atoms with Gasteiger partial charge in [0.15, 0.2) is 0 Å². The van der Waals surface area contributed by atoms with Crippen LogP contribution in [0.1, 0.15) is 51.4 Å². The van der Waals surface area contributed by atoms with Crippen molar-refractivity contribution in [2.24, 2.45) is 0 Å². The topological polar surface area (TPSA) is 79.4 Å². The number of likely N-dealkylation sites (tertiary alicyclic amines) is 1. The van der Waals surface area contributed by atoms with Gasteiger partial charge in [0.25, 0.3) is 0 Å². The molecule has 0 bridgehead atoms. The minimum Gasteiger partial charge on any atom is -0.481 e. The molecule has 3 rings (SSSR count). The molecule has 1 aliphatic heterocycles. The first kappa shape index (κ1) is 17.8. The number of rotatable bonds is 4. The predicted molar refractivity (Wildman–Crippen MR) is 96.8 cm³/mol. The number of nitrogens with zero attached hydrogens (tertiary/aromatic N) is 3. The van der Waals surface area contributed by atoms with Crippen molar-refractivity contribution in [3.8, 4) is 5.88 Å². The standard InChI is InChI=1S/C18H29N5O2/c1-25-17-12-16(19-13-20-17)21-15-8-10-23(11-9-15)18(24)22-14-6-4-2-3-5-7-14/h12-15H,2-11H2,1H3,(H,22,24)(H,19,20,21). The molecule has 25 heavy (non-hydrogen) atoms. The third-order valence-electron chi connectivity index (χ3n) is 5.17. The molecule has 0 atom stereocenters. The Balaban J connectivity index is 1.43. The van der Waals surface area contributed by atoms with Gasteiger partial charge in [0.2, 0.25) is 5.88 Å². The summed E-state index contributed by atoms with van der Waals surface area (Å²) in [5.74, 6) is 1.32. The molecule has 1 aromatic rings. The molecule has 1 saturated carbocycles. The van der Waals surface area contributed by atoms with Crippen LogP contribution in [0, 0.1) is 0 Å². The summed E-state index contributed by atoms with van der Waals surface area (Å²) in [6.45, 7) is 1.55. The van der Waals surface area contributed by atoms with Gasteiger partial charge in [0.05, 0.1) is 7.11 Å². The van der Waals surface area contributed by atoms with Gasteiger partial charge in [-0.1, -0.05) is 25.7 Å². The van der Waals surface area contributed by atoms with Gasteiger partial charge in [0, 0.05) is 31.2 Å². The highest BCUT2D eigenvalue weighted by Crippen LogP contribution is 2.19. The van der Waals surface area contributed by atoms with Crippen molar-refractivity contribution in [2.75, 3.05) is 25.5 Å². The molecule has 2 heterocycles. The fourth-order valence-electron chi connectivity index (χ4n) is 3.66. The molecule has 1 aromatic heterocycles. The Labute approximate surface area is 149 Å². The van der Waals surface area contributed by atoms with E-state index in [2.05, 4.69) is 20.6 Å². The number of urea groups is 1. The number of hydrogen-bond donors (Lipinski definition) is 2. The summed E-state index contributed by atoms with van der Waals surface area (Å²) in [5.41, 5.74) is 0. The van der Waals surface area contributed by atoms with Crippen LogP contribution < -0.4 is 15.4 Å². The molecular formula is C18H29N5O2. The maximum absolute atomic E-state index is 12.5. The Morgan fingerprint density at radius 3 is 2.48 bits per heavy atom. The second-order valence-corrected chi connectivity index (χ2v) is 6.99. The zero-order chi connectivity index (χ0) is 17.5. The maximum atomic E-state index is 12.5. The van der Waals surface area contributed by atoms with Crippen LogP contribution >= 0.6 is 0 Å². The van der Waals surface area contributed by atoms with E-state index in [1.54, 1.807) is 13.2 Å². The first-order valence-electron chi connectivity index (χ1n) is 9.42. The summed E-state index contributed by atoms with van der Waals surface area (Å²) in [4.78, 5) is 22.7. The molecule has 0 spiro atoms. The van der Waals surface area contributed by atoms with E-state index in [0.29, 0.717) is 18.0 Å². The number of hydrogen-bond acceptors (Lipinski definition) is 5. The van der Waals surface area contributed by atoms with Crippen LogP contribution in [0.2, 0.25) is 0 Å². The third-order valence-corrected chi connectivity index (χ3v) is 5.17. The molecule has 2 aliphatic rings. The number of piperidine rings is 1. The Kier molecular flexibility index (Phi) is 6.30. The highest BCUT2D eigenvalue weighted by atomic mass is 16.5. The van der Waals surface area contributed by atoms with E-state index in [1.165, 1.54) is 32.0 Å². The van der Waals surface area contributed by atoms with E-state index in [1.807, 2.05) is 4.90 Å². The number of nitrogens with one attached hydrogen (secondary N) is 2. The molecule has 2 fully saturated rings. The molecule has 2 N–H and O–H groups in total. The van der Waals surface area contributed by atoms with Crippen LogP contribution in [0.25, 0.3) is 0 Å². The van der Waals surface area contributed by atoms with E-state index in [-0.39, 0.29) is 6.03 Å². The average Bonchev–Trinajstić information content (AvgIpc) is 2.91. The summed E-state index contributed by atoms with van der Waals surface area (Å²) >= 11 is 0. The molecule has 0 radical (unpaired) electrons. The van der Waals surface area contributed by atoms with Crippen molar-refractivity contribution < 1.29 is 9.53 Å². The molecule has 0 unspecified atom stereocenters. The molecule has 138 valence electrons. The second-order valence-electron chi connectivity index (χ2n) is 6.99. The minimum atomic E-state index is 0.106. The summed E-state index contributed by atoms with van der Waals surface area (Å²) in [6.07, 6.45) is 10.7. The van der Waals surface area contributed by atoms with Gasteiger partial charge < -0.3 is 20.3 Å². The lowest BCUT2D eigenvalue weighted by atomic mass is 10.1. The van der Waals surface area contributed by atoms with Crippen molar-refractivity contribution in [1.29, 1.82) is 0 Å². The monoisotopic (exact) mass is 347 g/mol. The lowest BCUT2D eigenvalue weighted by Crippen LogP contribution is -2.49. The van der Waals surface area contributed by atoms with Crippen LogP contribution in [0.15, 0.2) is 12.4 Å². The lowest BCUT2D eigenvalue weighted by molar-refractivity contribution is 0.178. The van der Waals surface area contributed by atoms with Gasteiger partial charge in [-0.3, -0.25) is 0 Å². The SMILES string of the molecule is COc1cc(NC2CCN(C(=O)NC3CCCCCC3)CC2)ncn1. The van der Waals surface area contributed by atoms with Crippen LogP contribution in [-0.2, 0) is 0 Å². The van der Waals surface area contributed by atoms with Crippen LogP contribution in [0.3, 0.4) is 0 Å². The highest BCUT2D eigenvalue weighted by Gasteiger charge is 2.24. The molecular weight excluding hydrogens is 318 g/mol. The van der Waals surface area contributed by atoms with Gasteiger partial charge in [-0.05, 0) is 25.7 Å².